The van der Waals surface area contributed by atoms with E-state index >= 15 is 0 Å². The Morgan fingerprint density at radius 3 is 3.04 bits per heavy atom. The third kappa shape index (κ3) is 3.32. The van der Waals surface area contributed by atoms with Crippen molar-refractivity contribution < 1.29 is 9.53 Å². The molecule has 1 fully saturated rings. The lowest BCUT2D eigenvalue weighted by Gasteiger charge is -2.25. The topological polar surface area (TPSA) is 77.2 Å². The molecule has 1 N–H and O–H groups in total. The van der Waals surface area contributed by atoms with Gasteiger partial charge in [0.25, 0.3) is 5.91 Å². The van der Waals surface area contributed by atoms with Crippen molar-refractivity contribution in [3.8, 4) is 0 Å². The highest BCUT2D eigenvalue weighted by Gasteiger charge is 2.26. The minimum atomic E-state index is -0.165. The number of fused-ring (bicyclic) bond motifs is 1. The summed E-state index contributed by atoms with van der Waals surface area (Å²) in [5.41, 5.74) is 1.04. The quantitative estimate of drug-likeness (QED) is 0.857. The van der Waals surface area contributed by atoms with Crippen LogP contribution in [0.1, 0.15) is 28.6 Å². The van der Waals surface area contributed by atoms with Gasteiger partial charge in [0.1, 0.15) is 5.82 Å². The van der Waals surface area contributed by atoms with E-state index in [1.165, 1.54) is 0 Å². The largest absolute Gasteiger partial charge is 0.380 e. The van der Waals surface area contributed by atoms with Crippen LogP contribution in [0, 0.1) is 0 Å². The molecule has 1 atom stereocenters. The van der Waals surface area contributed by atoms with Crippen LogP contribution in [0.15, 0.2) is 18.6 Å². The highest BCUT2D eigenvalue weighted by Crippen LogP contribution is 2.17. The Bertz CT molecular complexity index is 746. The van der Waals surface area contributed by atoms with Crippen LogP contribution in [0.4, 0.5) is 0 Å². The first-order valence-corrected chi connectivity index (χ1v) is 8.83. The van der Waals surface area contributed by atoms with E-state index in [4.69, 9.17) is 4.74 Å². The Morgan fingerprint density at radius 1 is 1.36 bits per heavy atom. The maximum absolute atomic E-state index is 12.2. The molecule has 1 unspecified atom stereocenters. The van der Waals surface area contributed by atoms with Crippen molar-refractivity contribution in [1.29, 1.82) is 0 Å². The predicted molar refractivity (Wildman–Crippen MR) is 91.1 cm³/mol. The van der Waals surface area contributed by atoms with Crippen LogP contribution < -0.4 is 5.32 Å². The fourth-order valence-electron chi connectivity index (χ4n) is 3.66. The van der Waals surface area contributed by atoms with Crippen LogP contribution in [0.2, 0.25) is 0 Å². The molecule has 0 saturated carbocycles. The Labute approximate surface area is 146 Å². The molecule has 8 nitrogen and oxygen atoms in total. The third-order valence-electron chi connectivity index (χ3n) is 5.13. The second kappa shape index (κ2) is 6.97. The number of aromatic nitrogens is 4. The maximum Gasteiger partial charge on any atom is 0.287 e. The van der Waals surface area contributed by atoms with E-state index in [-0.39, 0.29) is 5.91 Å². The summed E-state index contributed by atoms with van der Waals surface area (Å²) in [6, 6.07) is 0.538. The lowest BCUT2D eigenvalue weighted by Crippen LogP contribution is -2.37. The molecule has 2 aromatic heterocycles. The van der Waals surface area contributed by atoms with E-state index in [0.717, 1.165) is 57.2 Å². The van der Waals surface area contributed by atoms with Gasteiger partial charge in [-0.15, -0.1) is 0 Å². The fourth-order valence-corrected chi connectivity index (χ4v) is 3.66. The highest BCUT2D eigenvalue weighted by molar-refractivity contribution is 5.90. The third-order valence-corrected chi connectivity index (χ3v) is 5.13. The maximum atomic E-state index is 12.2. The molecule has 0 spiro atoms. The van der Waals surface area contributed by atoms with Crippen LogP contribution in [0.5, 0.6) is 0 Å². The van der Waals surface area contributed by atoms with E-state index in [1.54, 1.807) is 17.0 Å². The Balaban J connectivity index is 1.40. The van der Waals surface area contributed by atoms with E-state index in [2.05, 4.69) is 24.8 Å². The van der Waals surface area contributed by atoms with E-state index in [0.29, 0.717) is 18.4 Å². The molecule has 0 aliphatic carbocycles. The zero-order chi connectivity index (χ0) is 17.2. The van der Waals surface area contributed by atoms with Crippen LogP contribution in [-0.4, -0.2) is 62.3 Å². The van der Waals surface area contributed by atoms with Crippen molar-refractivity contribution in [1.82, 2.24) is 29.3 Å². The number of nitrogens with zero attached hydrogens (tertiary/aromatic N) is 5. The van der Waals surface area contributed by atoms with Gasteiger partial charge in [-0.2, -0.15) is 0 Å². The summed E-state index contributed by atoms with van der Waals surface area (Å²) in [5.74, 6) is 1.35. The first-order valence-electron chi connectivity index (χ1n) is 8.83. The molecular formula is C17H24N6O2. The van der Waals surface area contributed by atoms with Crippen molar-refractivity contribution in [2.45, 2.75) is 32.0 Å². The van der Waals surface area contributed by atoms with Gasteiger partial charge in [-0.1, -0.05) is 0 Å². The number of hydrogen-bond acceptors (Lipinski definition) is 5. The molecule has 0 radical (unpaired) electrons. The molecule has 2 aliphatic rings. The summed E-state index contributed by atoms with van der Waals surface area (Å²) in [7, 11) is 1.81. The number of hydrogen-bond donors (Lipinski definition) is 1. The van der Waals surface area contributed by atoms with Gasteiger partial charge >= 0.3 is 0 Å². The molecule has 4 rings (SSSR count). The van der Waals surface area contributed by atoms with Crippen LogP contribution in [-0.2, 0) is 31.3 Å². The molecule has 8 heteroatoms. The average Bonchev–Trinajstić information content (AvgIpc) is 3.33. The normalized spacial score (nSPS) is 21.1. The van der Waals surface area contributed by atoms with Gasteiger partial charge in [-0.3, -0.25) is 9.69 Å². The van der Waals surface area contributed by atoms with E-state index < -0.39 is 0 Å². The minimum absolute atomic E-state index is 0.165. The van der Waals surface area contributed by atoms with Crippen LogP contribution in [0.3, 0.4) is 0 Å². The smallest absolute Gasteiger partial charge is 0.287 e. The molecule has 2 aliphatic heterocycles. The lowest BCUT2D eigenvalue weighted by atomic mass is 10.2. The van der Waals surface area contributed by atoms with E-state index in [9.17, 15) is 4.79 Å². The van der Waals surface area contributed by atoms with Gasteiger partial charge in [0.15, 0.2) is 5.82 Å². The Hall–Kier alpha value is -2.19. The standard InChI is InChI=1S/C17H24N6O2/c1-21-6-4-18-16(21)17(24)20-11-14-10-19-15-2-5-22(7-8-23(14)15)13-3-9-25-12-13/h4,6,10,13H,2-3,5,7-9,11-12H2,1H3,(H,20,24). The number of ether oxygens (including phenoxy) is 1. The molecule has 1 amide bonds. The highest BCUT2D eigenvalue weighted by atomic mass is 16.5. The monoisotopic (exact) mass is 344 g/mol. The molecule has 4 heterocycles. The summed E-state index contributed by atoms with van der Waals surface area (Å²) < 4.78 is 9.48. The number of carbonyl (C=O) groups excluding carboxylic acids is 1. The van der Waals surface area contributed by atoms with Gasteiger partial charge in [-0.05, 0) is 6.42 Å². The number of aryl methyl sites for hydroxylation is 1. The zero-order valence-corrected chi connectivity index (χ0v) is 14.5. The van der Waals surface area contributed by atoms with Gasteiger partial charge < -0.3 is 19.2 Å². The Kier molecular flexibility index (Phi) is 4.54. The molecule has 1 saturated heterocycles. The molecule has 0 bridgehead atoms. The second-order valence-corrected chi connectivity index (χ2v) is 6.67. The van der Waals surface area contributed by atoms with Crippen molar-refractivity contribution in [2.75, 3.05) is 26.3 Å². The van der Waals surface area contributed by atoms with Crippen molar-refractivity contribution in [2.24, 2.45) is 7.05 Å². The summed E-state index contributed by atoms with van der Waals surface area (Å²) in [4.78, 5) is 23.4. The molecular weight excluding hydrogens is 320 g/mol. The van der Waals surface area contributed by atoms with Crippen molar-refractivity contribution in [3.63, 3.8) is 0 Å². The van der Waals surface area contributed by atoms with E-state index in [1.807, 2.05) is 13.2 Å². The SMILES string of the molecule is Cn1ccnc1C(=O)NCc1cnc2n1CCN(C1CCOC1)CC2. The van der Waals surface area contributed by atoms with Crippen molar-refractivity contribution in [3.05, 3.63) is 35.9 Å². The molecule has 25 heavy (non-hydrogen) atoms. The van der Waals surface area contributed by atoms with Gasteiger partial charge in [-0.25, -0.2) is 9.97 Å². The molecule has 0 aromatic carbocycles. The lowest BCUT2D eigenvalue weighted by molar-refractivity contribution is 0.0936. The molecule has 2 aromatic rings. The van der Waals surface area contributed by atoms with Crippen LogP contribution >= 0.6 is 0 Å². The number of rotatable bonds is 4. The fraction of sp³-hybridized carbons (Fsp3) is 0.588. The summed E-state index contributed by atoms with van der Waals surface area (Å²) in [6.07, 6.45) is 7.32. The average molecular weight is 344 g/mol. The zero-order valence-electron chi connectivity index (χ0n) is 14.5. The first kappa shape index (κ1) is 16.3. The number of nitrogens with one attached hydrogen (secondary N) is 1. The van der Waals surface area contributed by atoms with Gasteiger partial charge in [0.2, 0.25) is 0 Å². The van der Waals surface area contributed by atoms with Crippen molar-refractivity contribution >= 4 is 5.91 Å². The summed E-state index contributed by atoms with van der Waals surface area (Å²) in [6.45, 7) is 5.09. The summed E-state index contributed by atoms with van der Waals surface area (Å²) >= 11 is 0. The number of amides is 1. The number of imidazole rings is 2. The van der Waals surface area contributed by atoms with Gasteiger partial charge in [0.05, 0.1) is 25.0 Å². The van der Waals surface area contributed by atoms with Crippen LogP contribution in [0.25, 0.3) is 0 Å². The molecule has 134 valence electrons. The summed E-state index contributed by atoms with van der Waals surface area (Å²) in [5, 5.41) is 2.95. The predicted octanol–water partition coefficient (Wildman–Crippen LogP) is 0.194. The second-order valence-electron chi connectivity index (χ2n) is 6.67. The van der Waals surface area contributed by atoms with Gasteiger partial charge in [0, 0.05) is 58.1 Å². The first-order chi connectivity index (χ1) is 12.2. The minimum Gasteiger partial charge on any atom is -0.380 e. The number of carbonyl (C=O) groups is 1. The Morgan fingerprint density at radius 2 is 2.28 bits per heavy atom.